The van der Waals surface area contributed by atoms with Crippen LogP contribution >= 0.6 is 31.9 Å². The maximum absolute atomic E-state index is 13.5. The molecule has 6 heteroatoms. The van der Waals surface area contributed by atoms with Gasteiger partial charge in [0.15, 0.2) is 11.4 Å². The summed E-state index contributed by atoms with van der Waals surface area (Å²) in [5.74, 6) is -0.735. The predicted octanol–water partition coefficient (Wildman–Crippen LogP) is 6.14. The van der Waals surface area contributed by atoms with Crippen LogP contribution in [0.4, 0.5) is 5.69 Å². The molecule has 32 heavy (non-hydrogen) atoms. The molecule has 1 N–H and O–H groups in total. The first-order valence-electron chi connectivity index (χ1n) is 10.3. The third-order valence-electron chi connectivity index (χ3n) is 6.11. The molecular weight excluding hydrogens is 534 g/mol. The molecule has 1 unspecified atom stereocenters. The van der Waals surface area contributed by atoms with Crippen molar-refractivity contribution in [2.75, 3.05) is 4.90 Å². The zero-order valence-corrected chi connectivity index (χ0v) is 21.2. The number of benzene rings is 3. The van der Waals surface area contributed by atoms with E-state index >= 15 is 0 Å². The molecule has 1 aliphatic heterocycles. The zero-order chi connectivity index (χ0) is 23.2. The highest BCUT2D eigenvalue weighted by Gasteiger charge is 2.51. The molecular formula is C26H23Br2NO3. The van der Waals surface area contributed by atoms with E-state index in [9.17, 15) is 14.7 Å². The molecule has 1 aliphatic rings. The van der Waals surface area contributed by atoms with E-state index < -0.39 is 11.5 Å². The van der Waals surface area contributed by atoms with Gasteiger partial charge >= 0.3 is 0 Å². The molecule has 1 atom stereocenters. The Bertz CT molecular complexity index is 1240. The Hall–Kier alpha value is -2.28. The minimum atomic E-state index is -1.92. The molecule has 0 spiro atoms. The van der Waals surface area contributed by atoms with E-state index in [1.807, 2.05) is 63.2 Å². The molecule has 0 aromatic heterocycles. The van der Waals surface area contributed by atoms with Gasteiger partial charge in [-0.3, -0.25) is 9.59 Å². The minimum absolute atomic E-state index is 0.252. The first-order chi connectivity index (χ1) is 15.1. The summed E-state index contributed by atoms with van der Waals surface area (Å²) in [6, 6.07) is 16.9. The number of fused-ring (bicyclic) bond motifs is 1. The SMILES string of the molecule is Cc1cc(C)c(C(=O)CC2(O)C(=O)N(Cc3ccc(Br)cc3)c3ccc(Br)cc32)cc1C. The van der Waals surface area contributed by atoms with Gasteiger partial charge in [0.2, 0.25) is 0 Å². The van der Waals surface area contributed by atoms with Crippen molar-refractivity contribution in [1.82, 2.24) is 0 Å². The summed E-state index contributed by atoms with van der Waals surface area (Å²) in [4.78, 5) is 28.4. The van der Waals surface area contributed by atoms with E-state index in [4.69, 9.17) is 0 Å². The van der Waals surface area contributed by atoms with E-state index in [2.05, 4.69) is 31.9 Å². The zero-order valence-electron chi connectivity index (χ0n) is 18.1. The van der Waals surface area contributed by atoms with Crippen molar-refractivity contribution in [3.8, 4) is 0 Å². The molecule has 164 valence electrons. The average Bonchev–Trinajstić information content (AvgIpc) is 2.93. The molecule has 0 radical (unpaired) electrons. The van der Waals surface area contributed by atoms with Crippen LogP contribution in [0, 0.1) is 20.8 Å². The molecule has 0 bridgehead atoms. The van der Waals surface area contributed by atoms with Crippen molar-refractivity contribution in [2.24, 2.45) is 0 Å². The largest absolute Gasteiger partial charge is 0.375 e. The quantitative estimate of drug-likeness (QED) is 0.384. The summed E-state index contributed by atoms with van der Waals surface area (Å²) in [5.41, 5.74) is 3.56. The fourth-order valence-electron chi connectivity index (χ4n) is 4.21. The van der Waals surface area contributed by atoms with Crippen molar-refractivity contribution in [3.63, 3.8) is 0 Å². The Morgan fingerprint density at radius 1 is 0.906 bits per heavy atom. The molecule has 1 heterocycles. The van der Waals surface area contributed by atoms with Crippen LogP contribution in [-0.4, -0.2) is 16.8 Å². The van der Waals surface area contributed by atoms with Crippen molar-refractivity contribution in [1.29, 1.82) is 0 Å². The van der Waals surface area contributed by atoms with Crippen LogP contribution < -0.4 is 4.90 Å². The number of ketones is 1. The monoisotopic (exact) mass is 555 g/mol. The molecule has 1 amide bonds. The van der Waals surface area contributed by atoms with Gasteiger partial charge in [-0.2, -0.15) is 0 Å². The Labute approximate surface area is 204 Å². The summed E-state index contributed by atoms with van der Waals surface area (Å²) in [6.07, 6.45) is -0.310. The Balaban J connectivity index is 1.72. The second-order valence-corrected chi connectivity index (χ2v) is 10.2. The van der Waals surface area contributed by atoms with Gasteiger partial charge in [0.25, 0.3) is 5.91 Å². The number of hydrogen-bond donors (Lipinski definition) is 1. The Morgan fingerprint density at radius 2 is 1.53 bits per heavy atom. The van der Waals surface area contributed by atoms with E-state index in [1.54, 1.807) is 17.0 Å². The summed E-state index contributed by atoms with van der Waals surface area (Å²) < 4.78 is 1.69. The molecule has 4 nitrogen and oxygen atoms in total. The fraction of sp³-hybridized carbons (Fsp3) is 0.231. The van der Waals surface area contributed by atoms with Crippen LogP contribution in [-0.2, 0) is 16.9 Å². The number of carbonyl (C=O) groups excluding carboxylic acids is 2. The normalized spacial score (nSPS) is 17.6. The number of Topliss-reactive ketones (excluding diaryl/α,β-unsaturated/α-hetero) is 1. The molecule has 0 aliphatic carbocycles. The summed E-state index contributed by atoms with van der Waals surface area (Å²) >= 11 is 6.86. The Morgan fingerprint density at radius 3 is 2.22 bits per heavy atom. The lowest BCUT2D eigenvalue weighted by molar-refractivity contribution is -0.136. The summed E-state index contributed by atoms with van der Waals surface area (Å²) in [5, 5.41) is 11.6. The van der Waals surface area contributed by atoms with Crippen molar-refractivity contribution in [3.05, 3.63) is 96.9 Å². The van der Waals surface area contributed by atoms with Crippen LogP contribution in [0.5, 0.6) is 0 Å². The van der Waals surface area contributed by atoms with Crippen molar-refractivity contribution in [2.45, 2.75) is 39.3 Å². The van der Waals surface area contributed by atoms with Gasteiger partial charge in [0, 0.05) is 20.1 Å². The van der Waals surface area contributed by atoms with Crippen LogP contribution in [0.25, 0.3) is 0 Å². The predicted molar refractivity (Wildman–Crippen MR) is 133 cm³/mol. The molecule has 0 fully saturated rings. The molecule has 3 aromatic carbocycles. The van der Waals surface area contributed by atoms with Crippen molar-refractivity contribution < 1.29 is 14.7 Å². The van der Waals surface area contributed by atoms with Crippen LogP contribution in [0.1, 0.15) is 44.6 Å². The van der Waals surface area contributed by atoms with E-state index in [0.29, 0.717) is 23.4 Å². The maximum atomic E-state index is 13.5. The van der Waals surface area contributed by atoms with Crippen molar-refractivity contribution >= 4 is 49.2 Å². The lowest BCUT2D eigenvalue weighted by Crippen LogP contribution is -2.41. The van der Waals surface area contributed by atoms with Gasteiger partial charge in [0.1, 0.15) is 0 Å². The molecule has 3 aromatic rings. The topological polar surface area (TPSA) is 57.6 Å². The average molecular weight is 557 g/mol. The number of amides is 1. The number of aliphatic hydroxyl groups is 1. The number of nitrogens with zero attached hydrogens (tertiary/aromatic N) is 1. The second kappa shape index (κ2) is 8.58. The third kappa shape index (κ3) is 4.07. The lowest BCUT2D eigenvalue weighted by Gasteiger charge is -2.23. The number of hydrogen-bond acceptors (Lipinski definition) is 3. The molecule has 0 saturated heterocycles. The number of anilines is 1. The van der Waals surface area contributed by atoms with Crippen LogP contribution in [0.3, 0.4) is 0 Å². The number of aryl methyl sites for hydroxylation is 3. The fourth-order valence-corrected chi connectivity index (χ4v) is 4.84. The third-order valence-corrected chi connectivity index (χ3v) is 7.13. The minimum Gasteiger partial charge on any atom is -0.375 e. The lowest BCUT2D eigenvalue weighted by atomic mass is 9.86. The summed E-state index contributed by atoms with van der Waals surface area (Å²) in [7, 11) is 0. The van der Waals surface area contributed by atoms with Gasteiger partial charge in [-0.05, 0) is 79.4 Å². The van der Waals surface area contributed by atoms with Gasteiger partial charge in [0.05, 0.1) is 18.7 Å². The van der Waals surface area contributed by atoms with Crippen LogP contribution in [0.2, 0.25) is 0 Å². The molecule has 0 saturated carbocycles. The highest BCUT2D eigenvalue weighted by Crippen LogP contribution is 2.45. The van der Waals surface area contributed by atoms with E-state index in [0.717, 1.165) is 31.2 Å². The highest BCUT2D eigenvalue weighted by molar-refractivity contribution is 9.10. The summed E-state index contributed by atoms with van der Waals surface area (Å²) in [6.45, 7) is 6.14. The first kappa shape index (κ1) is 22.9. The van der Waals surface area contributed by atoms with Crippen LogP contribution in [0.15, 0.2) is 63.5 Å². The smallest absolute Gasteiger partial charge is 0.264 e. The standard InChI is InChI=1S/C26H23Br2NO3/c1-15-10-17(3)21(11-16(15)2)24(30)13-26(32)22-12-20(28)8-9-23(22)29(25(26)31)14-18-4-6-19(27)7-5-18/h4-12,32H,13-14H2,1-3H3. The van der Waals surface area contributed by atoms with Gasteiger partial charge in [-0.1, -0.05) is 50.1 Å². The van der Waals surface area contributed by atoms with E-state index in [1.165, 1.54) is 0 Å². The van der Waals surface area contributed by atoms with Gasteiger partial charge < -0.3 is 10.0 Å². The maximum Gasteiger partial charge on any atom is 0.264 e. The number of rotatable bonds is 5. The first-order valence-corrected chi connectivity index (χ1v) is 11.9. The van der Waals surface area contributed by atoms with Gasteiger partial charge in [-0.25, -0.2) is 0 Å². The highest BCUT2D eigenvalue weighted by atomic mass is 79.9. The second-order valence-electron chi connectivity index (χ2n) is 8.39. The van der Waals surface area contributed by atoms with Gasteiger partial charge in [-0.15, -0.1) is 0 Å². The molecule has 4 rings (SSSR count). The number of carbonyl (C=O) groups is 2. The Kier molecular flexibility index (Phi) is 6.14. The number of halogens is 2. The van der Waals surface area contributed by atoms with E-state index in [-0.39, 0.29) is 12.2 Å².